The van der Waals surface area contributed by atoms with Crippen molar-refractivity contribution in [3.05, 3.63) is 23.8 Å². The molecule has 168 valence electrons. The van der Waals surface area contributed by atoms with Crippen LogP contribution in [0.3, 0.4) is 0 Å². The fourth-order valence-electron chi connectivity index (χ4n) is 3.68. The number of amides is 2. The highest BCUT2D eigenvalue weighted by atomic mass is 16.5. The Morgan fingerprint density at radius 2 is 2.06 bits per heavy atom. The predicted octanol–water partition coefficient (Wildman–Crippen LogP) is 2.27. The SMILES string of the molecule is CCCCCCN(CC(=O)O)C(=O)CCCOc1ccc2c(c1)CN1CC(=O)NC1=N2. The van der Waals surface area contributed by atoms with Crippen LogP contribution < -0.4 is 10.1 Å². The van der Waals surface area contributed by atoms with Crippen LogP contribution >= 0.6 is 0 Å². The molecule has 2 heterocycles. The number of aliphatic carboxylic acids is 1. The maximum absolute atomic E-state index is 12.4. The Labute approximate surface area is 182 Å². The van der Waals surface area contributed by atoms with Gasteiger partial charge >= 0.3 is 5.97 Å². The lowest BCUT2D eigenvalue weighted by Gasteiger charge is -2.23. The summed E-state index contributed by atoms with van der Waals surface area (Å²) in [6.07, 6.45) is 4.75. The van der Waals surface area contributed by atoms with Gasteiger partial charge in [-0.3, -0.25) is 19.7 Å². The Morgan fingerprint density at radius 1 is 1.23 bits per heavy atom. The van der Waals surface area contributed by atoms with Crippen molar-refractivity contribution >= 4 is 29.4 Å². The van der Waals surface area contributed by atoms with Gasteiger partial charge < -0.3 is 19.6 Å². The molecule has 1 aromatic carbocycles. The van der Waals surface area contributed by atoms with Gasteiger partial charge in [0.1, 0.15) is 18.8 Å². The van der Waals surface area contributed by atoms with E-state index >= 15 is 0 Å². The van der Waals surface area contributed by atoms with Crippen molar-refractivity contribution < 1.29 is 24.2 Å². The molecule has 0 spiro atoms. The Bertz CT molecular complexity index is 854. The van der Waals surface area contributed by atoms with Gasteiger partial charge in [-0.2, -0.15) is 0 Å². The number of carbonyl (C=O) groups is 3. The smallest absolute Gasteiger partial charge is 0.323 e. The number of unbranched alkanes of at least 4 members (excludes halogenated alkanes) is 3. The van der Waals surface area contributed by atoms with E-state index in [1.165, 1.54) is 4.90 Å². The van der Waals surface area contributed by atoms with Crippen LogP contribution in [-0.4, -0.2) is 64.9 Å². The molecular weight excluding hydrogens is 400 g/mol. The number of hydrogen-bond donors (Lipinski definition) is 2. The van der Waals surface area contributed by atoms with E-state index in [-0.39, 0.29) is 24.8 Å². The Hall–Kier alpha value is -3.10. The molecule has 0 atom stereocenters. The predicted molar refractivity (Wildman–Crippen MR) is 115 cm³/mol. The largest absolute Gasteiger partial charge is 0.494 e. The first-order valence-electron chi connectivity index (χ1n) is 10.8. The molecule has 1 saturated heterocycles. The number of carbonyl (C=O) groups excluding carboxylic acids is 2. The van der Waals surface area contributed by atoms with Gasteiger partial charge in [-0.1, -0.05) is 26.2 Å². The highest BCUT2D eigenvalue weighted by Crippen LogP contribution is 2.30. The summed E-state index contributed by atoms with van der Waals surface area (Å²) in [4.78, 5) is 42.8. The van der Waals surface area contributed by atoms with Crippen LogP contribution in [-0.2, 0) is 20.9 Å². The average molecular weight is 431 g/mol. The highest BCUT2D eigenvalue weighted by Gasteiger charge is 2.29. The van der Waals surface area contributed by atoms with Crippen molar-refractivity contribution in [3.8, 4) is 5.75 Å². The summed E-state index contributed by atoms with van der Waals surface area (Å²) in [7, 11) is 0. The molecule has 31 heavy (non-hydrogen) atoms. The molecule has 0 radical (unpaired) electrons. The minimum atomic E-state index is -0.991. The summed E-state index contributed by atoms with van der Waals surface area (Å²) in [5.74, 6) is 0.0708. The zero-order chi connectivity index (χ0) is 22.2. The first-order chi connectivity index (χ1) is 15.0. The summed E-state index contributed by atoms with van der Waals surface area (Å²) in [5, 5.41) is 11.8. The van der Waals surface area contributed by atoms with Gasteiger partial charge in [0, 0.05) is 25.1 Å². The second kappa shape index (κ2) is 10.8. The van der Waals surface area contributed by atoms with Crippen LogP contribution in [0, 0.1) is 0 Å². The molecule has 1 aromatic rings. The van der Waals surface area contributed by atoms with Gasteiger partial charge in [-0.05, 0) is 31.0 Å². The number of guanidine groups is 1. The van der Waals surface area contributed by atoms with Gasteiger partial charge in [-0.25, -0.2) is 4.99 Å². The zero-order valence-corrected chi connectivity index (χ0v) is 17.9. The van der Waals surface area contributed by atoms with E-state index in [4.69, 9.17) is 9.84 Å². The topological polar surface area (TPSA) is 112 Å². The third-order valence-electron chi connectivity index (χ3n) is 5.29. The molecule has 0 unspecified atom stereocenters. The maximum Gasteiger partial charge on any atom is 0.323 e. The monoisotopic (exact) mass is 430 g/mol. The second-order valence-corrected chi connectivity index (χ2v) is 7.85. The number of hydrogen-bond acceptors (Lipinski definition) is 6. The van der Waals surface area contributed by atoms with Crippen LogP contribution in [0.25, 0.3) is 0 Å². The van der Waals surface area contributed by atoms with Gasteiger partial charge in [0.25, 0.3) is 0 Å². The molecule has 0 bridgehead atoms. The molecule has 0 saturated carbocycles. The van der Waals surface area contributed by atoms with Crippen molar-refractivity contribution in [2.75, 3.05) is 26.2 Å². The highest BCUT2D eigenvalue weighted by molar-refractivity contribution is 6.05. The lowest BCUT2D eigenvalue weighted by Crippen LogP contribution is -2.36. The van der Waals surface area contributed by atoms with Gasteiger partial charge in [0.2, 0.25) is 17.8 Å². The molecule has 2 amide bonds. The molecule has 0 aromatic heterocycles. The summed E-state index contributed by atoms with van der Waals surface area (Å²) in [5.41, 5.74) is 1.79. The van der Waals surface area contributed by atoms with E-state index in [9.17, 15) is 14.4 Å². The lowest BCUT2D eigenvalue weighted by atomic mass is 10.1. The van der Waals surface area contributed by atoms with E-state index in [0.29, 0.717) is 44.4 Å². The third kappa shape index (κ3) is 6.44. The van der Waals surface area contributed by atoms with E-state index in [2.05, 4.69) is 17.2 Å². The van der Waals surface area contributed by atoms with Crippen molar-refractivity contribution in [3.63, 3.8) is 0 Å². The van der Waals surface area contributed by atoms with Crippen LogP contribution in [0.4, 0.5) is 5.69 Å². The Morgan fingerprint density at radius 3 is 2.84 bits per heavy atom. The first-order valence-corrected chi connectivity index (χ1v) is 10.8. The lowest BCUT2D eigenvalue weighted by molar-refractivity contribution is -0.144. The number of carboxylic acids is 1. The Balaban J connectivity index is 1.45. The van der Waals surface area contributed by atoms with E-state index < -0.39 is 5.97 Å². The number of aliphatic imine (C=N–C) groups is 1. The number of ether oxygens (including phenoxy) is 1. The quantitative estimate of drug-likeness (QED) is 0.492. The van der Waals surface area contributed by atoms with Crippen LogP contribution in [0.1, 0.15) is 51.0 Å². The summed E-state index contributed by atoms with van der Waals surface area (Å²) in [6.45, 7) is 3.58. The van der Waals surface area contributed by atoms with Crippen molar-refractivity contribution in [1.29, 1.82) is 0 Å². The normalized spacial score (nSPS) is 14.4. The third-order valence-corrected chi connectivity index (χ3v) is 5.29. The fourth-order valence-corrected chi connectivity index (χ4v) is 3.68. The van der Waals surface area contributed by atoms with Crippen LogP contribution in [0.2, 0.25) is 0 Å². The molecule has 2 aliphatic heterocycles. The second-order valence-electron chi connectivity index (χ2n) is 7.85. The van der Waals surface area contributed by atoms with Gasteiger partial charge in [0.05, 0.1) is 12.3 Å². The summed E-state index contributed by atoms with van der Waals surface area (Å²) in [6, 6.07) is 5.59. The summed E-state index contributed by atoms with van der Waals surface area (Å²) < 4.78 is 5.79. The minimum Gasteiger partial charge on any atom is -0.494 e. The van der Waals surface area contributed by atoms with Crippen LogP contribution in [0.15, 0.2) is 23.2 Å². The molecular formula is C22H30N4O5. The number of rotatable bonds is 12. The van der Waals surface area contributed by atoms with E-state index in [1.807, 2.05) is 23.1 Å². The number of carboxylic acid groups (broad SMARTS) is 1. The maximum atomic E-state index is 12.4. The molecule has 0 aliphatic carbocycles. The average Bonchev–Trinajstić information content (AvgIpc) is 3.09. The standard InChI is InChI=1S/C22H30N4O5/c1-2-3-4-5-10-25(15-21(29)30)20(28)7-6-11-31-17-8-9-18-16(12-17)13-26-14-19(27)24-22(26)23-18/h8-9,12H,2-7,10-11,13-15H2,1H3,(H,29,30)(H,23,24,27). The number of nitrogens with one attached hydrogen (secondary N) is 1. The summed E-state index contributed by atoms with van der Waals surface area (Å²) >= 11 is 0. The molecule has 3 rings (SSSR count). The molecule has 2 N–H and O–H groups in total. The fraction of sp³-hybridized carbons (Fsp3) is 0.545. The molecule has 9 nitrogen and oxygen atoms in total. The molecule has 2 aliphatic rings. The first kappa shape index (κ1) is 22.6. The van der Waals surface area contributed by atoms with Gasteiger partial charge in [0.15, 0.2) is 0 Å². The number of nitrogens with zero attached hydrogens (tertiary/aromatic N) is 3. The van der Waals surface area contributed by atoms with Crippen molar-refractivity contribution in [1.82, 2.24) is 15.1 Å². The van der Waals surface area contributed by atoms with Crippen LogP contribution in [0.5, 0.6) is 5.75 Å². The van der Waals surface area contributed by atoms with Crippen molar-refractivity contribution in [2.24, 2.45) is 4.99 Å². The zero-order valence-electron chi connectivity index (χ0n) is 17.9. The molecule has 1 fully saturated rings. The van der Waals surface area contributed by atoms with Crippen molar-refractivity contribution in [2.45, 2.75) is 52.0 Å². The van der Waals surface area contributed by atoms with Gasteiger partial charge in [-0.15, -0.1) is 0 Å². The number of fused-ring (bicyclic) bond motifs is 2. The Kier molecular flexibility index (Phi) is 7.86. The minimum absolute atomic E-state index is 0.0602. The number of benzene rings is 1. The molecule has 9 heteroatoms. The van der Waals surface area contributed by atoms with E-state index in [0.717, 1.165) is 36.9 Å². The van der Waals surface area contributed by atoms with E-state index in [1.54, 1.807) is 0 Å².